The van der Waals surface area contributed by atoms with Crippen LogP contribution in [0.4, 0.5) is 17.1 Å². The zero-order chi connectivity index (χ0) is 44.3. The molecule has 3 nitrogen and oxygen atoms in total. The van der Waals surface area contributed by atoms with E-state index >= 15 is 0 Å². The Balaban J connectivity index is 0.982. The Hall–Kier alpha value is -8.14. The van der Waals surface area contributed by atoms with Gasteiger partial charge in [0.05, 0.1) is 16.7 Å². The van der Waals surface area contributed by atoms with Crippen LogP contribution in [0, 0.1) is 0 Å². The van der Waals surface area contributed by atoms with Crippen LogP contribution in [0.25, 0.3) is 93.6 Å². The second-order valence-electron chi connectivity index (χ2n) is 18.2. The van der Waals surface area contributed by atoms with Gasteiger partial charge in [0.25, 0.3) is 0 Å². The van der Waals surface area contributed by atoms with Crippen LogP contribution in [0.1, 0.15) is 43.6 Å². The predicted octanol–water partition coefficient (Wildman–Crippen LogP) is 18.4. The van der Waals surface area contributed by atoms with E-state index in [1.165, 1.54) is 92.5 Å². The SMILES string of the molecule is c1ccc(-n2c3ccccc3c3ccc(-c4ccc(N(c5cccc(-c6cccc7c6oc6ccccc67)c5)c5ccccc5-c5cccc6cccc(C7CCCCC7)c56)cc4)cc32)cc1. The topological polar surface area (TPSA) is 21.3 Å². The van der Waals surface area contributed by atoms with Crippen molar-refractivity contribution in [1.82, 2.24) is 4.57 Å². The monoisotopic (exact) mass is 860 g/mol. The van der Waals surface area contributed by atoms with Crippen LogP contribution in [0.5, 0.6) is 0 Å². The van der Waals surface area contributed by atoms with Crippen LogP contribution in [0.2, 0.25) is 0 Å². The van der Waals surface area contributed by atoms with Crippen LogP contribution in [-0.4, -0.2) is 4.57 Å². The number of benzene rings is 10. The van der Waals surface area contributed by atoms with Gasteiger partial charge >= 0.3 is 0 Å². The van der Waals surface area contributed by atoms with Crippen molar-refractivity contribution in [1.29, 1.82) is 0 Å². The maximum atomic E-state index is 6.60. The number of hydrogen-bond acceptors (Lipinski definition) is 2. The molecule has 0 amide bonds. The van der Waals surface area contributed by atoms with E-state index in [-0.39, 0.29) is 0 Å². The second-order valence-corrected chi connectivity index (χ2v) is 18.2. The standard InChI is InChI=1S/C64H48N2O/c1-3-17-44(18-4-1)51-28-14-19-45-20-15-30-57(63(45)51)54-26-8-10-32-59(54)65(50-24-13-21-47(41-50)52-29-16-31-58-56-27-9-12-34-62(56)67-64(52)58)49-38-35-43(36-39-49)46-37-40-55-53-25-7-11-33-60(53)66(61(55)42-46)48-22-5-2-6-23-48/h2,5-16,19-42,44H,1,3-4,17-18H2. The molecule has 10 aromatic carbocycles. The van der Waals surface area contributed by atoms with Crippen LogP contribution in [-0.2, 0) is 0 Å². The molecule has 0 N–H and O–H groups in total. The molecule has 1 aliphatic carbocycles. The van der Waals surface area contributed by atoms with Gasteiger partial charge in [-0.25, -0.2) is 0 Å². The van der Waals surface area contributed by atoms with Gasteiger partial charge in [-0.1, -0.05) is 183 Å². The molecule has 320 valence electrons. The Bertz CT molecular complexity index is 3790. The number of rotatable bonds is 8. The molecule has 0 bridgehead atoms. The lowest BCUT2D eigenvalue weighted by Gasteiger charge is -2.29. The fourth-order valence-electron chi connectivity index (χ4n) is 11.3. The molecule has 67 heavy (non-hydrogen) atoms. The molecular weight excluding hydrogens is 813 g/mol. The van der Waals surface area contributed by atoms with Crippen molar-refractivity contribution in [2.75, 3.05) is 4.90 Å². The van der Waals surface area contributed by atoms with Gasteiger partial charge in [0.2, 0.25) is 0 Å². The smallest absolute Gasteiger partial charge is 0.143 e. The van der Waals surface area contributed by atoms with Gasteiger partial charge in [-0.2, -0.15) is 0 Å². The van der Waals surface area contributed by atoms with E-state index in [1.807, 2.05) is 6.07 Å². The summed E-state index contributed by atoms with van der Waals surface area (Å²) in [6.45, 7) is 0. The van der Waals surface area contributed by atoms with Crippen LogP contribution >= 0.6 is 0 Å². The van der Waals surface area contributed by atoms with Gasteiger partial charge in [0.1, 0.15) is 11.2 Å². The Morgan fingerprint density at radius 3 is 1.97 bits per heavy atom. The van der Waals surface area contributed by atoms with Gasteiger partial charge in [-0.15, -0.1) is 0 Å². The largest absolute Gasteiger partial charge is 0.455 e. The summed E-state index contributed by atoms with van der Waals surface area (Å²) in [6.07, 6.45) is 6.43. The highest BCUT2D eigenvalue weighted by atomic mass is 16.3. The van der Waals surface area contributed by atoms with Crippen LogP contribution in [0.3, 0.4) is 0 Å². The molecule has 0 spiro atoms. The predicted molar refractivity (Wildman–Crippen MR) is 282 cm³/mol. The number of furan rings is 1. The Labute approximate surface area is 390 Å². The third-order valence-corrected chi connectivity index (χ3v) is 14.4. The average molecular weight is 861 g/mol. The summed E-state index contributed by atoms with van der Waals surface area (Å²) in [4.78, 5) is 2.46. The zero-order valence-electron chi connectivity index (χ0n) is 37.3. The van der Waals surface area contributed by atoms with Gasteiger partial charge < -0.3 is 13.9 Å². The second kappa shape index (κ2) is 16.4. The average Bonchev–Trinajstić information content (AvgIpc) is 3.95. The molecule has 0 saturated heterocycles. The van der Waals surface area contributed by atoms with E-state index in [0.717, 1.165) is 55.8 Å². The first-order chi connectivity index (χ1) is 33.2. The first kappa shape index (κ1) is 39.2. The van der Waals surface area contributed by atoms with Crippen molar-refractivity contribution in [3.05, 3.63) is 230 Å². The fraction of sp³-hybridized carbons (Fsp3) is 0.0938. The molecule has 13 rings (SSSR count). The summed E-state index contributed by atoms with van der Waals surface area (Å²) in [5, 5.41) is 7.45. The Kier molecular flexibility index (Phi) is 9.60. The van der Waals surface area contributed by atoms with E-state index in [2.05, 4.69) is 228 Å². The lowest BCUT2D eigenvalue weighted by Crippen LogP contribution is -2.11. The zero-order valence-corrected chi connectivity index (χ0v) is 37.3. The number of aromatic nitrogens is 1. The van der Waals surface area contributed by atoms with Gasteiger partial charge in [-0.3, -0.25) is 0 Å². The van der Waals surface area contributed by atoms with Crippen molar-refractivity contribution in [3.63, 3.8) is 0 Å². The summed E-state index contributed by atoms with van der Waals surface area (Å²) in [6, 6.07) is 82.2. The van der Waals surface area contributed by atoms with Crippen molar-refractivity contribution in [2.45, 2.75) is 38.0 Å². The Morgan fingerprint density at radius 2 is 1.09 bits per heavy atom. The van der Waals surface area contributed by atoms with Gasteiger partial charge in [-0.05, 0) is 118 Å². The summed E-state index contributed by atoms with van der Waals surface area (Å²) in [7, 11) is 0. The number of nitrogens with zero attached hydrogens (tertiary/aromatic N) is 2. The normalized spacial score (nSPS) is 13.3. The maximum Gasteiger partial charge on any atom is 0.143 e. The van der Waals surface area contributed by atoms with Crippen molar-refractivity contribution >= 4 is 71.6 Å². The first-order valence-electron chi connectivity index (χ1n) is 23.9. The molecule has 0 atom stereocenters. The van der Waals surface area contributed by atoms with Gasteiger partial charge in [0, 0.05) is 49.7 Å². The van der Waals surface area contributed by atoms with E-state index in [4.69, 9.17) is 4.42 Å². The van der Waals surface area contributed by atoms with Gasteiger partial charge in [0.15, 0.2) is 0 Å². The van der Waals surface area contributed by atoms with Crippen molar-refractivity contribution in [2.24, 2.45) is 0 Å². The lowest BCUT2D eigenvalue weighted by atomic mass is 9.80. The fourth-order valence-corrected chi connectivity index (χ4v) is 11.3. The third kappa shape index (κ3) is 6.72. The summed E-state index contributed by atoms with van der Waals surface area (Å²) >= 11 is 0. The van der Waals surface area contributed by atoms with Crippen LogP contribution in [0.15, 0.2) is 229 Å². The van der Waals surface area contributed by atoms with Crippen LogP contribution < -0.4 is 4.90 Å². The minimum atomic E-state index is 0.570. The van der Waals surface area contributed by atoms with Crippen molar-refractivity contribution < 1.29 is 4.42 Å². The number of anilines is 3. The van der Waals surface area contributed by atoms with Crippen molar-refractivity contribution in [3.8, 4) is 39.1 Å². The van der Waals surface area contributed by atoms with E-state index in [9.17, 15) is 0 Å². The number of fused-ring (bicyclic) bond motifs is 7. The summed E-state index contributed by atoms with van der Waals surface area (Å²) in [5.74, 6) is 0.570. The van der Waals surface area contributed by atoms with E-state index < -0.39 is 0 Å². The quantitative estimate of drug-likeness (QED) is 0.152. The summed E-state index contributed by atoms with van der Waals surface area (Å²) < 4.78 is 9.00. The molecule has 0 radical (unpaired) electrons. The minimum Gasteiger partial charge on any atom is -0.455 e. The molecule has 12 aromatic rings. The summed E-state index contributed by atoms with van der Waals surface area (Å²) in [5.41, 5.74) is 17.2. The van der Waals surface area contributed by atoms with E-state index in [0.29, 0.717) is 5.92 Å². The molecule has 3 heteroatoms. The molecule has 1 fully saturated rings. The molecule has 1 aliphatic rings. The Morgan fingerprint density at radius 1 is 0.418 bits per heavy atom. The third-order valence-electron chi connectivity index (χ3n) is 14.4. The molecular formula is C64H48N2O. The lowest BCUT2D eigenvalue weighted by molar-refractivity contribution is 0.445. The highest BCUT2D eigenvalue weighted by molar-refractivity contribution is 6.11. The highest BCUT2D eigenvalue weighted by Crippen LogP contribution is 2.47. The van der Waals surface area contributed by atoms with E-state index in [1.54, 1.807) is 0 Å². The maximum absolute atomic E-state index is 6.60. The molecule has 2 heterocycles. The number of hydrogen-bond donors (Lipinski definition) is 0. The number of para-hydroxylation sites is 5. The molecule has 0 aliphatic heterocycles. The molecule has 0 unspecified atom stereocenters. The first-order valence-corrected chi connectivity index (χ1v) is 23.9. The molecule has 1 saturated carbocycles. The highest BCUT2D eigenvalue weighted by Gasteiger charge is 2.24. The molecule has 2 aromatic heterocycles. The minimum absolute atomic E-state index is 0.570.